The van der Waals surface area contributed by atoms with Gasteiger partial charge in [-0.15, -0.1) is 0 Å². The predicted octanol–water partition coefficient (Wildman–Crippen LogP) is -1.27. The molecular weight excluding hydrogens is 346 g/mol. The maximum atomic E-state index is 12.1. The summed E-state index contributed by atoms with van der Waals surface area (Å²) in [6, 6.07) is 18.6. The summed E-state index contributed by atoms with van der Waals surface area (Å²) in [4.78, 5) is 16.2. The number of carbonyl (C=O) groups excluding carboxylic acids is 1. The molecule has 140 valence electrons. The maximum absolute atomic E-state index is 12.1. The SMILES string of the molecule is Cc1cccc(NC(=O)CC[NH+]2CCN(Cc3ccccc3)CC2)c1.[Cl-]. The number of hydrogen-bond donors (Lipinski definition) is 2. The Kier molecular flexibility index (Phi) is 8.10. The van der Waals surface area contributed by atoms with Crippen molar-refractivity contribution in [2.24, 2.45) is 0 Å². The number of aryl methyl sites for hydroxylation is 1. The van der Waals surface area contributed by atoms with Crippen molar-refractivity contribution in [2.75, 3.05) is 38.0 Å². The van der Waals surface area contributed by atoms with E-state index in [2.05, 4.69) is 40.5 Å². The molecule has 0 bridgehead atoms. The van der Waals surface area contributed by atoms with Crippen LogP contribution in [0.2, 0.25) is 0 Å². The highest BCUT2D eigenvalue weighted by molar-refractivity contribution is 5.90. The van der Waals surface area contributed by atoms with Crippen LogP contribution in [0.15, 0.2) is 54.6 Å². The predicted molar refractivity (Wildman–Crippen MR) is 102 cm³/mol. The van der Waals surface area contributed by atoms with Gasteiger partial charge in [0.15, 0.2) is 0 Å². The van der Waals surface area contributed by atoms with Crippen LogP contribution < -0.4 is 22.6 Å². The van der Waals surface area contributed by atoms with Crippen LogP contribution in [-0.2, 0) is 11.3 Å². The number of quaternary nitrogens is 1. The van der Waals surface area contributed by atoms with E-state index < -0.39 is 0 Å². The molecule has 3 rings (SSSR count). The van der Waals surface area contributed by atoms with Gasteiger partial charge in [-0.3, -0.25) is 9.69 Å². The highest BCUT2D eigenvalue weighted by Gasteiger charge is 2.20. The molecule has 0 aromatic heterocycles. The number of anilines is 1. The first kappa shape index (κ1) is 20.4. The van der Waals surface area contributed by atoms with Crippen molar-refractivity contribution in [2.45, 2.75) is 19.9 Å². The average molecular weight is 374 g/mol. The second kappa shape index (κ2) is 10.3. The summed E-state index contributed by atoms with van der Waals surface area (Å²) < 4.78 is 0. The molecule has 0 unspecified atom stereocenters. The molecule has 1 amide bonds. The summed E-state index contributed by atoms with van der Waals surface area (Å²) in [5, 5.41) is 3.00. The standard InChI is InChI=1S/C21H27N3O.ClH/c1-18-6-5-9-20(16-18)22-21(25)10-11-23-12-14-24(15-13-23)17-19-7-3-2-4-8-19;/h2-9,16H,10-15,17H2,1H3,(H,22,25);1H. The third kappa shape index (κ3) is 6.45. The Bertz CT molecular complexity index is 685. The molecule has 0 spiro atoms. The quantitative estimate of drug-likeness (QED) is 0.662. The van der Waals surface area contributed by atoms with E-state index in [0.29, 0.717) is 6.42 Å². The molecule has 0 saturated carbocycles. The molecule has 2 aromatic rings. The van der Waals surface area contributed by atoms with Crippen LogP contribution in [0.1, 0.15) is 17.5 Å². The van der Waals surface area contributed by atoms with Gasteiger partial charge in [-0.2, -0.15) is 0 Å². The van der Waals surface area contributed by atoms with Gasteiger partial charge in [0.2, 0.25) is 5.91 Å². The van der Waals surface area contributed by atoms with Crippen molar-refractivity contribution in [3.8, 4) is 0 Å². The Hall–Kier alpha value is -1.88. The van der Waals surface area contributed by atoms with E-state index in [1.165, 1.54) is 10.5 Å². The highest BCUT2D eigenvalue weighted by atomic mass is 35.5. The molecule has 1 saturated heterocycles. The second-order valence-electron chi connectivity index (χ2n) is 6.93. The minimum atomic E-state index is 0. The fourth-order valence-electron chi connectivity index (χ4n) is 3.36. The Balaban J connectivity index is 0.00000243. The van der Waals surface area contributed by atoms with E-state index in [4.69, 9.17) is 0 Å². The molecular formula is C21H28ClN3O. The van der Waals surface area contributed by atoms with Crippen LogP contribution in [0.3, 0.4) is 0 Å². The second-order valence-corrected chi connectivity index (χ2v) is 6.93. The van der Waals surface area contributed by atoms with E-state index in [-0.39, 0.29) is 18.3 Å². The molecule has 2 N–H and O–H groups in total. The lowest BCUT2D eigenvalue weighted by Gasteiger charge is -2.32. The topological polar surface area (TPSA) is 36.8 Å². The Labute approximate surface area is 162 Å². The van der Waals surface area contributed by atoms with Crippen molar-refractivity contribution >= 4 is 11.6 Å². The van der Waals surface area contributed by atoms with E-state index in [0.717, 1.165) is 50.5 Å². The zero-order valence-electron chi connectivity index (χ0n) is 15.4. The summed E-state index contributed by atoms with van der Waals surface area (Å²) in [6.07, 6.45) is 0.585. The number of rotatable bonds is 6. The lowest BCUT2D eigenvalue weighted by atomic mass is 10.2. The van der Waals surface area contributed by atoms with Crippen LogP contribution in [0.25, 0.3) is 0 Å². The highest BCUT2D eigenvalue weighted by Crippen LogP contribution is 2.09. The first-order valence-corrected chi connectivity index (χ1v) is 9.15. The molecule has 1 aliphatic rings. The molecule has 0 radical (unpaired) electrons. The van der Waals surface area contributed by atoms with Crippen molar-refractivity contribution in [1.29, 1.82) is 0 Å². The Morgan fingerprint density at radius 3 is 2.50 bits per heavy atom. The van der Waals surface area contributed by atoms with Gasteiger partial charge in [-0.05, 0) is 30.2 Å². The van der Waals surface area contributed by atoms with Gasteiger partial charge < -0.3 is 22.6 Å². The molecule has 4 nitrogen and oxygen atoms in total. The van der Waals surface area contributed by atoms with E-state index in [1.807, 2.05) is 31.2 Å². The van der Waals surface area contributed by atoms with Crippen LogP contribution in [0, 0.1) is 6.92 Å². The number of halogens is 1. The first-order chi connectivity index (χ1) is 12.2. The minimum Gasteiger partial charge on any atom is -1.00 e. The number of amides is 1. The fraction of sp³-hybridized carbons (Fsp3) is 0.381. The molecule has 2 aromatic carbocycles. The summed E-state index contributed by atoms with van der Waals surface area (Å²) in [7, 11) is 0. The molecule has 1 fully saturated rings. The molecule has 5 heteroatoms. The van der Waals surface area contributed by atoms with Gasteiger partial charge in [-0.25, -0.2) is 0 Å². The summed E-state index contributed by atoms with van der Waals surface area (Å²) in [5.74, 6) is 0.116. The zero-order valence-corrected chi connectivity index (χ0v) is 16.1. The van der Waals surface area contributed by atoms with Gasteiger partial charge in [0.05, 0.1) is 26.1 Å². The average Bonchev–Trinajstić information content (AvgIpc) is 2.62. The fourth-order valence-corrected chi connectivity index (χ4v) is 3.36. The monoisotopic (exact) mass is 373 g/mol. The lowest BCUT2D eigenvalue weighted by Crippen LogP contribution is -3.14. The Morgan fingerprint density at radius 2 is 1.81 bits per heavy atom. The third-order valence-electron chi connectivity index (χ3n) is 4.82. The van der Waals surface area contributed by atoms with Gasteiger partial charge in [0, 0.05) is 25.3 Å². The van der Waals surface area contributed by atoms with Crippen molar-refractivity contribution in [3.05, 3.63) is 65.7 Å². The summed E-state index contributed by atoms with van der Waals surface area (Å²) >= 11 is 0. The molecule has 0 aliphatic carbocycles. The van der Waals surface area contributed by atoms with Crippen molar-refractivity contribution in [1.82, 2.24) is 4.90 Å². The number of hydrogen-bond acceptors (Lipinski definition) is 2. The summed E-state index contributed by atoms with van der Waals surface area (Å²) in [5.41, 5.74) is 3.44. The lowest BCUT2D eigenvalue weighted by molar-refractivity contribution is -0.904. The normalized spacial score (nSPS) is 15.3. The number of piperazine rings is 1. The number of benzene rings is 2. The van der Waals surface area contributed by atoms with Crippen LogP contribution >= 0.6 is 0 Å². The largest absolute Gasteiger partial charge is 1.00 e. The van der Waals surface area contributed by atoms with E-state index in [1.54, 1.807) is 0 Å². The maximum Gasteiger partial charge on any atom is 0.230 e. The van der Waals surface area contributed by atoms with Crippen molar-refractivity contribution < 1.29 is 22.1 Å². The smallest absolute Gasteiger partial charge is 0.230 e. The molecule has 0 atom stereocenters. The van der Waals surface area contributed by atoms with Gasteiger partial charge in [-0.1, -0.05) is 42.5 Å². The van der Waals surface area contributed by atoms with Gasteiger partial charge in [0.25, 0.3) is 0 Å². The van der Waals surface area contributed by atoms with Crippen LogP contribution in [0.4, 0.5) is 5.69 Å². The number of nitrogens with one attached hydrogen (secondary N) is 2. The van der Waals surface area contributed by atoms with Gasteiger partial charge in [0.1, 0.15) is 0 Å². The molecule has 1 aliphatic heterocycles. The van der Waals surface area contributed by atoms with Crippen LogP contribution in [-0.4, -0.2) is 43.5 Å². The molecule has 26 heavy (non-hydrogen) atoms. The van der Waals surface area contributed by atoms with E-state index >= 15 is 0 Å². The zero-order chi connectivity index (χ0) is 17.5. The number of nitrogens with zero attached hydrogens (tertiary/aromatic N) is 1. The third-order valence-corrected chi connectivity index (χ3v) is 4.82. The minimum absolute atomic E-state index is 0. The number of carbonyl (C=O) groups is 1. The van der Waals surface area contributed by atoms with Crippen LogP contribution in [0.5, 0.6) is 0 Å². The summed E-state index contributed by atoms with van der Waals surface area (Å²) in [6.45, 7) is 8.41. The van der Waals surface area contributed by atoms with E-state index in [9.17, 15) is 4.79 Å². The molecule has 1 heterocycles. The van der Waals surface area contributed by atoms with Crippen molar-refractivity contribution in [3.63, 3.8) is 0 Å². The Morgan fingerprint density at radius 1 is 1.08 bits per heavy atom. The first-order valence-electron chi connectivity index (χ1n) is 9.15. The van der Waals surface area contributed by atoms with Gasteiger partial charge >= 0.3 is 0 Å².